The van der Waals surface area contributed by atoms with E-state index in [1.54, 1.807) is 7.11 Å². The van der Waals surface area contributed by atoms with Gasteiger partial charge in [0.25, 0.3) is 0 Å². The fraction of sp³-hybridized carbons (Fsp3) is 0.541. The molecular formula is C37H43ClN8O6. The van der Waals surface area contributed by atoms with E-state index < -0.39 is 12.1 Å². The second-order valence-electron chi connectivity index (χ2n) is 14.2. The zero-order valence-electron chi connectivity index (χ0n) is 29.7. The van der Waals surface area contributed by atoms with Crippen molar-refractivity contribution < 1.29 is 28.8 Å². The Balaban J connectivity index is 1.33. The molecule has 0 aliphatic carbocycles. The van der Waals surface area contributed by atoms with Crippen LogP contribution in [0, 0.1) is 18.3 Å². The first-order valence-corrected chi connectivity index (χ1v) is 18.4. The summed E-state index contributed by atoms with van der Waals surface area (Å²) in [6, 6.07) is 5.97. The van der Waals surface area contributed by atoms with Gasteiger partial charge in [0.2, 0.25) is 0 Å². The molecule has 1 unspecified atom stereocenters. The number of amides is 1. The molecule has 4 aliphatic heterocycles. The maximum absolute atomic E-state index is 12.1. The summed E-state index contributed by atoms with van der Waals surface area (Å²) in [5.41, 5.74) is 5.28. The number of hydrogen-bond acceptors (Lipinski definition) is 11. The Morgan fingerprint density at radius 1 is 1.13 bits per heavy atom. The molecule has 14 nitrogen and oxygen atoms in total. The van der Waals surface area contributed by atoms with Gasteiger partial charge in [-0.15, -0.1) is 0 Å². The van der Waals surface area contributed by atoms with Crippen LogP contribution in [0.15, 0.2) is 18.3 Å². The number of benzene rings is 2. The fourth-order valence-corrected chi connectivity index (χ4v) is 8.54. The van der Waals surface area contributed by atoms with Crippen molar-refractivity contribution in [3.63, 3.8) is 0 Å². The van der Waals surface area contributed by atoms with Crippen LogP contribution in [0.4, 0.5) is 10.6 Å². The molecule has 0 bridgehead atoms. The number of likely N-dealkylation sites (N-methyl/N-ethyl adjacent to an activating group) is 1. The number of carbonyl (C=O) groups is 1. The minimum atomic E-state index is -1.04. The third-order valence-electron chi connectivity index (χ3n) is 10.9. The third-order valence-corrected chi connectivity index (χ3v) is 11.3. The maximum atomic E-state index is 12.1. The van der Waals surface area contributed by atoms with Crippen LogP contribution < -0.4 is 14.4 Å². The first-order valence-electron chi connectivity index (χ1n) is 18.0. The molecule has 0 radical (unpaired) electrons. The smallest absolute Gasteiger partial charge is 0.407 e. The monoisotopic (exact) mass is 730 g/mol. The summed E-state index contributed by atoms with van der Waals surface area (Å²) in [7, 11) is 3.69. The number of aromatic nitrogens is 4. The zero-order chi connectivity index (χ0) is 36.1. The largest absolute Gasteiger partial charge is 0.492 e. The molecule has 1 amide bonds. The van der Waals surface area contributed by atoms with Crippen molar-refractivity contribution in [3.05, 3.63) is 34.5 Å². The second-order valence-corrected chi connectivity index (χ2v) is 14.6. The summed E-state index contributed by atoms with van der Waals surface area (Å²) >= 11 is 7.25. The molecule has 4 atom stereocenters. The molecule has 3 fully saturated rings. The predicted molar refractivity (Wildman–Crippen MR) is 194 cm³/mol. The molecule has 4 aromatic rings. The van der Waals surface area contributed by atoms with Crippen molar-refractivity contribution in [3.8, 4) is 29.0 Å². The van der Waals surface area contributed by atoms with E-state index in [0.29, 0.717) is 55.0 Å². The zero-order valence-corrected chi connectivity index (χ0v) is 30.4. The number of fused-ring (bicyclic) bond motifs is 4. The van der Waals surface area contributed by atoms with Crippen LogP contribution in [0.25, 0.3) is 32.9 Å². The molecule has 8 rings (SSSR count). The Labute approximate surface area is 306 Å². The highest BCUT2D eigenvalue weighted by molar-refractivity contribution is 6.36. The van der Waals surface area contributed by atoms with Crippen molar-refractivity contribution in [2.24, 2.45) is 0 Å². The van der Waals surface area contributed by atoms with Crippen LogP contribution in [-0.2, 0) is 15.9 Å². The number of hydrogen-bond donors (Lipinski definition) is 1. The van der Waals surface area contributed by atoms with E-state index in [0.717, 1.165) is 70.6 Å². The number of anilines is 1. The summed E-state index contributed by atoms with van der Waals surface area (Å²) < 4.78 is 27.0. The van der Waals surface area contributed by atoms with Crippen LogP contribution in [0.2, 0.25) is 5.02 Å². The Hall–Kier alpha value is -4.42. The first-order chi connectivity index (χ1) is 25.2. The number of likely N-dealkylation sites (tertiary alicyclic amines) is 1. The Morgan fingerprint density at radius 3 is 2.75 bits per heavy atom. The van der Waals surface area contributed by atoms with Crippen molar-refractivity contribution in [2.45, 2.75) is 69.9 Å². The number of carboxylic acid groups (broad SMARTS) is 1. The number of rotatable bonds is 7. The summed E-state index contributed by atoms with van der Waals surface area (Å²) in [4.78, 5) is 27.7. The lowest BCUT2D eigenvalue weighted by Gasteiger charge is -2.40. The van der Waals surface area contributed by atoms with E-state index in [2.05, 4.69) is 23.1 Å². The highest BCUT2D eigenvalue weighted by Crippen LogP contribution is 2.48. The highest BCUT2D eigenvalue weighted by Gasteiger charge is 2.37. The van der Waals surface area contributed by atoms with Gasteiger partial charge in [0.05, 0.1) is 52.8 Å². The van der Waals surface area contributed by atoms with Gasteiger partial charge >= 0.3 is 12.1 Å². The molecule has 1 N–H and O–H groups in total. The molecular weight excluding hydrogens is 688 g/mol. The lowest BCUT2D eigenvalue weighted by Crippen LogP contribution is -2.55. The second kappa shape index (κ2) is 14.2. The maximum Gasteiger partial charge on any atom is 0.407 e. The van der Waals surface area contributed by atoms with Gasteiger partial charge < -0.3 is 33.9 Å². The van der Waals surface area contributed by atoms with Gasteiger partial charge in [-0.2, -0.15) is 20.3 Å². The quantitative estimate of drug-likeness (QED) is 0.259. The van der Waals surface area contributed by atoms with Crippen LogP contribution >= 0.6 is 11.6 Å². The van der Waals surface area contributed by atoms with Gasteiger partial charge in [-0.1, -0.05) is 11.6 Å². The number of nitriles is 1. The summed E-state index contributed by atoms with van der Waals surface area (Å²) in [5.74, 6) is 1.27. The highest BCUT2D eigenvalue weighted by atomic mass is 35.5. The molecule has 4 aliphatic rings. The number of aryl methyl sites for hydroxylation is 1. The summed E-state index contributed by atoms with van der Waals surface area (Å²) in [6.45, 7) is 5.46. The van der Waals surface area contributed by atoms with E-state index in [9.17, 15) is 15.2 Å². The van der Waals surface area contributed by atoms with E-state index >= 15 is 0 Å². The van der Waals surface area contributed by atoms with Gasteiger partial charge in [-0.25, -0.2) is 9.48 Å². The fourth-order valence-electron chi connectivity index (χ4n) is 8.28. The molecule has 2 aromatic heterocycles. The van der Waals surface area contributed by atoms with Gasteiger partial charge in [0.15, 0.2) is 6.23 Å². The molecule has 0 spiro atoms. The van der Waals surface area contributed by atoms with Crippen LogP contribution in [-0.4, -0.2) is 119 Å². The Morgan fingerprint density at radius 2 is 1.98 bits per heavy atom. The lowest BCUT2D eigenvalue weighted by atomic mass is 9.89. The van der Waals surface area contributed by atoms with Gasteiger partial charge in [0.1, 0.15) is 23.8 Å². The van der Waals surface area contributed by atoms with E-state index in [-0.39, 0.29) is 44.0 Å². The number of ether oxygens (including phenoxy) is 4. The van der Waals surface area contributed by atoms with Crippen molar-refractivity contribution in [1.82, 2.24) is 29.5 Å². The molecule has 6 heterocycles. The molecule has 3 saturated heterocycles. The van der Waals surface area contributed by atoms with Crippen LogP contribution in [0.1, 0.15) is 49.5 Å². The Bertz CT molecular complexity index is 2060. The predicted octanol–water partition coefficient (Wildman–Crippen LogP) is 5.42. The summed E-state index contributed by atoms with van der Waals surface area (Å²) in [6.07, 6.45) is 4.87. The molecule has 274 valence electrons. The molecule has 0 saturated carbocycles. The third kappa shape index (κ3) is 6.13. The van der Waals surface area contributed by atoms with Crippen LogP contribution in [0.3, 0.4) is 0 Å². The van der Waals surface area contributed by atoms with Crippen molar-refractivity contribution in [1.29, 1.82) is 5.26 Å². The summed E-state index contributed by atoms with van der Waals surface area (Å²) in [5, 5.41) is 26.7. The minimum Gasteiger partial charge on any atom is -0.492 e. The average Bonchev–Trinajstić information content (AvgIpc) is 3.73. The Kier molecular flexibility index (Phi) is 9.46. The van der Waals surface area contributed by atoms with Crippen LogP contribution in [0.5, 0.6) is 11.8 Å². The molecule has 52 heavy (non-hydrogen) atoms. The number of halogens is 1. The van der Waals surface area contributed by atoms with Crippen molar-refractivity contribution in [2.75, 3.05) is 65.0 Å². The van der Waals surface area contributed by atoms with Gasteiger partial charge in [-0.3, -0.25) is 4.90 Å². The van der Waals surface area contributed by atoms with E-state index in [1.165, 1.54) is 4.90 Å². The van der Waals surface area contributed by atoms with E-state index in [4.69, 9.17) is 45.6 Å². The van der Waals surface area contributed by atoms with E-state index in [1.807, 2.05) is 29.7 Å². The normalized spacial score (nSPS) is 23.8. The average molecular weight is 731 g/mol. The standard InChI is InChI=1S/C37H43ClN8O6/c1-21-15-27-25(17-40-46(27)30-8-4-5-13-50-30)31(33(21)38)24-16-26-32(34-23(24)7-6-14-51-34)35(44-11-12-45(37(47)48)22(18-44)9-10-39)42-36(41-26)52-29-20-43(2)19-28(29)49-3/h15-17,22,28-30H,4-9,11-14,18-20H2,1-3H3,(H,47,48)/t22-,28-,29-,30?/m0/s1. The number of methoxy groups -OCH3 is 1. The minimum absolute atomic E-state index is 0.0549. The number of piperazine rings is 1. The van der Waals surface area contributed by atoms with Gasteiger partial charge in [-0.05, 0) is 69.3 Å². The van der Waals surface area contributed by atoms with Gasteiger partial charge in [0, 0.05) is 63.0 Å². The molecule has 15 heteroatoms. The topological polar surface area (TPSA) is 151 Å². The number of nitrogens with zero attached hydrogens (tertiary/aromatic N) is 8. The SMILES string of the molecule is CO[C@H]1CN(C)C[C@@H]1Oc1nc(N2CCN(C(=O)O)[C@@H](CC#N)C2)c2c3c(c(-c4c(Cl)c(C)cc5c4cnn5C4CCCCO4)cc2n1)CCCO3. The van der Waals surface area contributed by atoms with Crippen molar-refractivity contribution >= 4 is 45.3 Å². The lowest BCUT2D eigenvalue weighted by molar-refractivity contribution is -0.0366. The first kappa shape index (κ1) is 34.7. The molecule has 2 aromatic carbocycles.